The summed E-state index contributed by atoms with van der Waals surface area (Å²) in [5, 5.41) is 19.7. The van der Waals surface area contributed by atoms with Gasteiger partial charge in [0.05, 0.1) is 34.0 Å². The first-order chi connectivity index (χ1) is 26.4. The van der Waals surface area contributed by atoms with E-state index in [-0.39, 0.29) is 28.9 Å². The van der Waals surface area contributed by atoms with Gasteiger partial charge in [-0.15, -0.1) is 0 Å². The van der Waals surface area contributed by atoms with E-state index in [2.05, 4.69) is 67.3 Å². The molecular formula is C42H47N9O4. The fourth-order valence-corrected chi connectivity index (χ4v) is 7.93. The molecule has 6 aromatic rings. The van der Waals surface area contributed by atoms with E-state index in [1.165, 1.54) is 11.1 Å². The summed E-state index contributed by atoms with van der Waals surface area (Å²) in [5.41, 5.74) is 9.73. The number of benzene rings is 2. The second-order valence-electron chi connectivity index (χ2n) is 16.1. The lowest BCUT2D eigenvalue weighted by atomic mass is 9.87. The molecule has 2 N–H and O–H groups in total. The van der Waals surface area contributed by atoms with E-state index in [4.69, 9.17) is 9.62 Å². The molecule has 284 valence electrons. The van der Waals surface area contributed by atoms with Crippen LogP contribution in [0.1, 0.15) is 102 Å². The molecule has 13 nitrogen and oxygen atoms in total. The molecule has 2 saturated heterocycles. The van der Waals surface area contributed by atoms with Crippen molar-refractivity contribution in [3.63, 3.8) is 0 Å². The number of likely N-dealkylation sites (tertiary alicyclic amines) is 1. The summed E-state index contributed by atoms with van der Waals surface area (Å²) in [6.45, 7) is 11.5. The topological polar surface area (TPSA) is 153 Å². The van der Waals surface area contributed by atoms with Crippen molar-refractivity contribution < 1.29 is 18.9 Å². The Morgan fingerprint density at radius 2 is 1.84 bits per heavy atom. The number of imide groups is 1. The number of hydrogen-bond acceptors (Lipinski definition) is 9. The van der Waals surface area contributed by atoms with Crippen LogP contribution < -0.4 is 10.6 Å². The first kappa shape index (κ1) is 36.3. The van der Waals surface area contributed by atoms with Crippen LogP contribution in [-0.4, -0.2) is 71.8 Å². The highest BCUT2D eigenvalue weighted by Crippen LogP contribution is 2.35. The number of piperidine rings is 2. The van der Waals surface area contributed by atoms with Crippen LogP contribution in [0.25, 0.3) is 27.7 Å². The van der Waals surface area contributed by atoms with Crippen LogP contribution in [0.3, 0.4) is 0 Å². The van der Waals surface area contributed by atoms with Crippen molar-refractivity contribution >= 4 is 34.1 Å². The van der Waals surface area contributed by atoms with Crippen LogP contribution in [-0.2, 0) is 35.0 Å². The number of aromatic nitrogens is 6. The molecule has 0 aliphatic carbocycles. The Labute approximate surface area is 319 Å². The van der Waals surface area contributed by atoms with Gasteiger partial charge in [0.1, 0.15) is 6.33 Å². The van der Waals surface area contributed by atoms with Gasteiger partial charge in [0.2, 0.25) is 17.6 Å². The summed E-state index contributed by atoms with van der Waals surface area (Å²) in [4.78, 5) is 44.2. The summed E-state index contributed by atoms with van der Waals surface area (Å²) >= 11 is 0. The Morgan fingerprint density at radius 3 is 2.58 bits per heavy atom. The van der Waals surface area contributed by atoms with Gasteiger partial charge in [-0.25, -0.2) is 9.50 Å². The third-order valence-corrected chi connectivity index (χ3v) is 11.3. The SMILES string of the molecule is Cc1cc(-c2ncnn3cc(CCN4CCC(c5ccc6c(C7CCC(=O)NC7=O)nn(C)c6c5)CC4)cc23)ccc1CNC(=O)c1cc(C(C)(C)C)no1. The predicted molar refractivity (Wildman–Crippen MR) is 207 cm³/mol. The number of aryl methyl sites for hydroxylation is 2. The quantitative estimate of drug-likeness (QED) is 0.177. The Kier molecular flexibility index (Phi) is 9.58. The number of nitrogens with one attached hydrogen (secondary N) is 2. The summed E-state index contributed by atoms with van der Waals surface area (Å²) in [6.07, 6.45) is 7.60. The highest BCUT2D eigenvalue weighted by atomic mass is 16.5. The number of carbonyl (C=O) groups is 3. The number of rotatable bonds is 9. The molecule has 2 aliphatic heterocycles. The molecule has 0 spiro atoms. The molecule has 8 rings (SSSR count). The van der Waals surface area contributed by atoms with Crippen molar-refractivity contribution in [2.24, 2.45) is 7.05 Å². The summed E-state index contributed by atoms with van der Waals surface area (Å²) in [6, 6.07) is 16.6. The standard InChI is InChI=1S/C42H47N9O4/c1-25-18-29(6-7-30(25)22-43-41(54)35-21-36(48-55-35)42(2,3)4)38-34-19-26(23-51(34)45-24-44-38)12-15-50-16-13-27(14-17-50)28-8-9-31-33(20-28)49(5)47-39(31)32-10-11-37(52)46-40(32)53/h6-9,18-21,23-24,27,32H,10-17,22H2,1-5H3,(H,43,54)(H,46,52,53). The first-order valence-electron chi connectivity index (χ1n) is 19.1. The molecule has 2 fully saturated rings. The molecule has 6 heterocycles. The minimum Gasteiger partial charge on any atom is -0.351 e. The highest BCUT2D eigenvalue weighted by molar-refractivity contribution is 6.02. The van der Waals surface area contributed by atoms with Gasteiger partial charge in [-0.3, -0.25) is 24.4 Å². The van der Waals surface area contributed by atoms with E-state index < -0.39 is 5.92 Å². The molecule has 1 unspecified atom stereocenters. The van der Waals surface area contributed by atoms with Gasteiger partial charge >= 0.3 is 0 Å². The van der Waals surface area contributed by atoms with Crippen LogP contribution in [0.15, 0.2) is 65.6 Å². The second-order valence-corrected chi connectivity index (χ2v) is 16.1. The normalized spacial score (nSPS) is 17.3. The zero-order valence-corrected chi connectivity index (χ0v) is 32.1. The third-order valence-electron chi connectivity index (χ3n) is 11.3. The summed E-state index contributed by atoms with van der Waals surface area (Å²) in [5.74, 6) is -0.485. The van der Waals surface area contributed by atoms with Crippen molar-refractivity contribution in [2.75, 3.05) is 19.6 Å². The van der Waals surface area contributed by atoms with Crippen molar-refractivity contribution in [3.05, 3.63) is 100 Å². The van der Waals surface area contributed by atoms with Gasteiger partial charge in [0.15, 0.2) is 0 Å². The van der Waals surface area contributed by atoms with Gasteiger partial charge in [-0.05, 0) is 92.1 Å². The molecule has 1 atom stereocenters. The average Bonchev–Trinajstić information content (AvgIpc) is 3.91. The van der Waals surface area contributed by atoms with Crippen molar-refractivity contribution in [1.82, 2.24) is 45.1 Å². The van der Waals surface area contributed by atoms with Crippen LogP contribution in [0.5, 0.6) is 0 Å². The molecule has 55 heavy (non-hydrogen) atoms. The van der Waals surface area contributed by atoms with Gasteiger partial charge < -0.3 is 14.7 Å². The number of amides is 3. The van der Waals surface area contributed by atoms with Crippen molar-refractivity contribution in [1.29, 1.82) is 0 Å². The maximum absolute atomic E-state index is 12.8. The van der Waals surface area contributed by atoms with E-state index in [9.17, 15) is 14.4 Å². The fourth-order valence-electron chi connectivity index (χ4n) is 7.93. The van der Waals surface area contributed by atoms with E-state index in [0.29, 0.717) is 25.3 Å². The van der Waals surface area contributed by atoms with Crippen molar-refractivity contribution in [3.8, 4) is 11.3 Å². The molecule has 0 bridgehead atoms. The van der Waals surface area contributed by atoms with E-state index >= 15 is 0 Å². The van der Waals surface area contributed by atoms with Gasteiger partial charge in [0, 0.05) is 55.2 Å². The summed E-state index contributed by atoms with van der Waals surface area (Å²) in [7, 11) is 1.93. The molecule has 2 aromatic carbocycles. The number of hydrogen-bond donors (Lipinski definition) is 2. The highest BCUT2D eigenvalue weighted by Gasteiger charge is 2.32. The molecule has 0 radical (unpaired) electrons. The number of fused-ring (bicyclic) bond motifs is 2. The maximum atomic E-state index is 12.8. The van der Waals surface area contributed by atoms with Gasteiger partial charge in [-0.1, -0.05) is 50.2 Å². The maximum Gasteiger partial charge on any atom is 0.290 e. The Morgan fingerprint density at radius 1 is 1.02 bits per heavy atom. The molecule has 3 amide bonds. The fraction of sp³-hybridized carbons (Fsp3) is 0.405. The minimum absolute atomic E-state index is 0.199. The molecule has 2 aliphatic rings. The third kappa shape index (κ3) is 7.40. The number of nitrogens with zero attached hydrogens (tertiary/aromatic N) is 7. The van der Waals surface area contributed by atoms with Crippen LogP contribution >= 0.6 is 0 Å². The van der Waals surface area contributed by atoms with Crippen LogP contribution in [0.4, 0.5) is 0 Å². The Balaban J connectivity index is 0.874. The van der Waals surface area contributed by atoms with Crippen molar-refractivity contribution in [2.45, 2.75) is 83.6 Å². The lowest BCUT2D eigenvalue weighted by Crippen LogP contribution is -2.39. The van der Waals surface area contributed by atoms with E-state index in [0.717, 1.165) is 89.1 Å². The van der Waals surface area contributed by atoms with E-state index in [1.807, 2.05) is 56.1 Å². The average molecular weight is 742 g/mol. The first-order valence-corrected chi connectivity index (χ1v) is 19.1. The molecular weight excluding hydrogens is 695 g/mol. The Bertz CT molecular complexity index is 2430. The zero-order chi connectivity index (χ0) is 38.4. The minimum atomic E-state index is -0.398. The zero-order valence-electron chi connectivity index (χ0n) is 32.1. The lowest BCUT2D eigenvalue weighted by molar-refractivity contribution is -0.134. The molecule has 4 aromatic heterocycles. The monoisotopic (exact) mass is 741 g/mol. The smallest absolute Gasteiger partial charge is 0.290 e. The molecule has 13 heteroatoms. The largest absolute Gasteiger partial charge is 0.351 e. The summed E-state index contributed by atoms with van der Waals surface area (Å²) < 4.78 is 9.08. The van der Waals surface area contributed by atoms with Gasteiger partial charge in [-0.2, -0.15) is 10.2 Å². The van der Waals surface area contributed by atoms with Gasteiger partial charge in [0.25, 0.3) is 5.91 Å². The van der Waals surface area contributed by atoms with Crippen LogP contribution in [0, 0.1) is 6.92 Å². The predicted octanol–water partition coefficient (Wildman–Crippen LogP) is 5.75. The second kappa shape index (κ2) is 14.5. The Hall–Kier alpha value is -5.69. The molecule has 0 saturated carbocycles. The van der Waals surface area contributed by atoms with E-state index in [1.54, 1.807) is 12.4 Å². The number of carbonyl (C=O) groups excluding carboxylic acids is 3. The van der Waals surface area contributed by atoms with Crippen LogP contribution in [0.2, 0.25) is 0 Å². The lowest BCUT2D eigenvalue weighted by Gasteiger charge is -2.32.